The van der Waals surface area contributed by atoms with Crippen LogP contribution >= 0.6 is 0 Å². The fourth-order valence-corrected chi connectivity index (χ4v) is 2.66. The molecule has 2 N–H and O–H groups in total. The van der Waals surface area contributed by atoms with Gasteiger partial charge in [-0.05, 0) is 50.5 Å². The van der Waals surface area contributed by atoms with Gasteiger partial charge in [0.2, 0.25) is 5.91 Å². The summed E-state index contributed by atoms with van der Waals surface area (Å²) in [6.07, 6.45) is 1.23. The molecule has 6 nitrogen and oxygen atoms in total. The number of hydrogen-bond donors (Lipinski definition) is 2. The molecule has 3 amide bonds. The molecule has 2 rings (SSSR count). The molecule has 7 heteroatoms. The van der Waals surface area contributed by atoms with Crippen LogP contribution in [0.1, 0.15) is 32.3 Å². The second kappa shape index (κ2) is 8.09. The Morgan fingerprint density at radius 1 is 1.36 bits per heavy atom. The molecule has 136 valence electrons. The molecule has 1 fully saturated rings. The summed E-state index contributed by atoms with van der Waals surface area (Å²) in [5.74, 6) is -2.19. The third-order valence-corrected chi connectivity index (χ3v) is 4.46. The van der Waals surface area contributed by atoms with E-state index >= 15 is 0 Å². The van der Waals surface area contributed by atoms with Crippen LogP contribution in [0.25, 0.3) is 0 Å². The van der Waals surface area contributed by atoms with Crippen LogP contribution in [0.5, 0.6) is 0 Å². The number of rotatable bonds is 4. The predicted molar refractivity (Wildman–Crippen MR) is 92.3 cm³/mol. The van der Waals surface area contributed by atoms with E-state index in [-0.39, 0.29) is 30.2 Å². The number of carbonyl (C=O) groups is 3. The number of aryl methyl sites for hydroxylation is 1. The van der Waals surface area contributed by atoms with Crippen molar-refractivity contribution >= 4 is 23.4 Å². The SMILES string of the molecule is CC[C@@H](C)NC(=O)C(=O)N1CC[C@H](C(=O)Nc2ccc(F)c(C)c2)C1. The van der Waals surface area contributed by atoms with Crippen LogP contribution in [0.4, 0.5) is 10.1 Å². The van der Waals surface area contributed by atoms with Crippen LogP contribution < -0.4 is 10.6 Å². The molecule has 1 aliphatic rings. The van der Waals surface area contributed by atoms with E-state index in [9.17, 15) is 18.8 Å². The summed E-state index contributed by atoms with van der Waals surface area (Å²) in [5.41, 5.74) is 0.964. The van der Waals surface area contributed by atoms with Gasteiger partial charge in [0.25, 0.3) is 0 Å². The highest BCUT2D eigenvalue weighted by atomic mass is 19.1. The number of hydrogen-bond acceptors (Lipinski definition) is 3. The first-order valence-electron chi connectivity index (χ1n) is 8.48. The standard InChI is InChI=1S/C18H24FN3O3/c1-4-12(3)20-17(24)18(25)22-8-7-13(10-22)16(23)21-14-5-6-15(19)11(2)9-14/h5-6,9,12-13H,4,7-8,10H2,1-3H3,(H,20,24)(H,21,23)/t12-,13+/m1/s1. The number of benzene rings is 1. The highest BCUT2D eigenvalue weighted by Crippen LogP contribution is 2.20. The van der Waals surface area contributed by atoms with E-state index in [1.54, 1.807) is 13.0 Å². The third kappa shape index (κ3) is 4.78. The van der Waals surface area contributed by atoms with Crippen molar-refractivity contribution < 1.29 is 18.8 Å². The lowest BCUT2D eigenvalue weighted by atomic mass is 10.1. The zero-order chi connectivity index (χ0) is 18.6. The molecule has 1 aromatic carbocycles. The van der Waals surface area contributed by atoms with Crippen molar-refractivity contribution in [1.82, 2.24) is 10.2 Å². The second-order valence-electron chi connectivity index (χ2n) is 6.47. The Hall–Kier alpha value is -2.44. The number of amides is 3. The average Bonchev–Trinajstić information content (AvgIpc) is 3.07. The molecule has 25 heavy (non-hydrogen) atoms. The minimum Gasteiger partial charge on any atom is -0.345 e. The van der Waals surface area contributed by atoms with Crippen molar-refractivity contribution in [2.45, 2.75) is 39.7 Å². The first kappa shape index (κ1) is 18.9. The van der Waals surface area contributed by atoms with E-state index in [2.05, 4.69) is 10.6 Å². The van der Waals surface area contributed by atoms with Crippen molar-refractivity contribution in [3.63, 3.8) is 0 Å². The summed E-state index contributed by atoms with van der Waals surface area (Å²) >= 11 is 0. The van der Waals surface area contributed by atoms with Gasteiger partial charge in [-0.2, -0.15) is 0 Å². The maximum atomic E-state index is 13.3. The van der Waals surface area contributed by atoms with Crippen molar-refractivity contribution in [3.8, 4) is 0 Å². The fraction of sp³-hybridized carbons (Fsp3) is 0.500. The van der Waals surface area contributed by atoms with Crippen molar-refractivity contribution in [2.75, 3.05) is 18.4 Å². The zero-order valence-electron chi connectivity index (χ0n) is 14.8. The highest BCUT2D eigenvalue weighted by molar-refractivity contribution is 6.35. The third-order valence-electron chi connectivity index (χ3n) is 4.46. The van der Waals surface area contributed by atoms with E-state index in [0.29, 0.717) is 24.2 Å². The van der Waals surface area contributed by atoms with Crippen LogP contribution in [-0.4, -0.2) is 41.8 Å². The maximum absolute atomic E-state index is 13.3. The van der Waals surface area contributed by atoms with Gasteiger partial charge in [0.1, 0.15) is 5.82 Å². The molecule has 0 radical (unpaired) electrons. The van der Waals surface area contributed by atoms with Gasteiger partial charge in [-0.25, -0.2) is 4.39 Å². The summed E-state index contributed by atoms with van der Waals surface area (Å²) in [5, 5.41) is 5.37. The minimum absolute atomic E-state index is 0.0696. The first-order chi connectivity index (χ1) is 11.8. The number of anilines is 1. The lowest BCUT2D eigenvalue weighted by molar-refractivity contribution is -0.145. The first-order valence-corrected chi connectivity index (χ1v) is 8.48. The van der Waals surface area contributed by atoms with E-state index in [0.717, 1.165) is 6.42 Å². The largest absolute Gasteiger partial charge is 0.345 e. The van der Waals surface area contributed by atoms with Gasteiger partial charge in [-0.1, -0.05) is 6.92 Å². The highest BCUT2D eigenvalue weighted by Gasteiger charge is 2.33. The van der Waals surface area contributed by atoms with Crippen molar-refractivity contribution in [1.29, 1.82) is 0 Å². The Morgan fingerprint density at radius 3 is 2.72 bits per heavy atom. The molecule has 2 atom stereocenters. The van der Waals surface area contributed by atoms with E-state index < -0.39 is 11.8 Å². The second-order valence-corrected chi connectivity index (χ2v) is 6.47. The normalized spacial score (nSPS) is 17.9. The van der Waals surface area contributed by atoms with Gasteiger partial charge < -0.3 is 15.5 Å². The van der Waals surface area contributed by atoms with Crippen LogP contribution in [0.3, 0.4) is 0 Å². The number of likely N-dealkylation sites (tertiary alicyclic amines) is 1. The predicted octanol–water partition coefficient (Wildman–Crippen LogP) is 1.84. The van der Waals surface area contributed by atoms with Gasteiger partial charge in [0.15, 0.2) is 0 Å². The summed E-state index contributed by atoms with van der Waals surface area (Å²) in [7, 11) is 0. The lowest BCUT2D eigenvalue weighted by Crippen LogP contribution is -2.45. The molecule has 0 spiro atoms. The topological polar surface area (TPSA) is 78.5 Å². The molecule has 1 heterocycles. The Morgan fingerprint density at radius 2 is 2.08 bits per heavy atom. The Kier molecular flexibility index (Phi) is 6.12. The Labute approximate surface area is 146 Å². The van der Waals surface area contributed by atoms with Gasteiger partial charge in [-0.3, -0.25) is 14.4 Å². The van der Waals surface area contributed by atoms with Crippen LogP contribution in [0, 0.1) is 18.7 Å². The average molecular weight is 349 g/mol. The summed E-state index contributed by atoms with van der Waals surface area (Å²) in [6.45, 7) is 5.95. The van der Waals surface area contributed by atoms with Crippen LogP contribution in [-0.2, 0) is 14.4 Å². The zero-order valence-corrected chi connectivity index (χ0v) is 14.8. The molecule has 1 aromatic rings. The van der Waals surface area contributed by atoms with Crippen molar-refractivity contribution in [3.05, 3.63) is 29.6 Å². The van der Waals surface area contributed by atoms with Gasteiger partial charge in [-0.15, -0.1) is 0 Å². The quantitative estimate of drug-likeness (QED) is 0.814. The maximum Gasteiger partial charge on any atom is 0.311 e. The van der Waals surface area contributed by atoms with E-state index in [4.69, 9.17) is 0 Å². The molecule has 0 unspecified atom stereocenters. The summed E-state index contributed by atoms with van der Waals surface area (Å²) in [6, 6.07) is 4.29. The van der Waals surface area contributed by atoms with Crippen LogP contribution in [0.2, 0.25) is 0 Å². The van der Waals surface area contributed by atoms with Gasteiger partial charge >= 0.3 is 11.8 Å². The molecule has 1 aliphatic heterocycles. The van der Waals surface area contributed by atoms with E-state index in [1.165, 1.54) is 17.0 Å². The molecular formula is C18H24FN3O3. The monoisotopic (exact) mass is 349 g/mol. The van der Waals surface area contributed by atoms with E-state index in [1.807, 2.05) is 13.8 Å². The molecule has 0 saturated carbocycles. The summed E-state index contributed by atoms with van der Waals surface area (Å²) < 4.78 is 13.3. The van der Waals surface area contributed by atoms with Gasteiger partial charge in [0, 0.05) is 24.8 Å². The summed E-state index contributed by atoms with van der Waals surface area (Å²) in [4.78, 5) is 37.8. The number of halogens is 1. The number of nitrogens with zero attached hydrogens (tertiary/aromatic N) is 1. The van der Waals surface area contributed by atoms with Gasteiger partial charge in [0.05, 0.1) is 5.92 Å². The smallest absolute Gasteiger partial charge is 0.311 e. The Balaban J connectivity index is 1.90. The number of carbonyl (C=O) groups excluding carboxylic acids is 3. The molecule has 0 bridgehead atoms. The molecule has 0 aromatic heterocycles. The lowest BCUT2D eigenvalue weighted by Gasteiger charge is -2.18. The molecule has 1 saturated heterocycles. The molecular weight excluding hydrogens is 325 g/mol. The Bertz CT molecular complexity index is 678. The number of nitrogens with one attached hydrogen (secondary N) is 2. The minimum atomic E-state index is -0.635. The van der Waals surface area contributed by atoms with Crippen molar-refractivity contribution in [2.24, 2.45) is 5.92 Å². The molecule has 0 aliphatic carbocycles. The fourth-order valence-electron chi connectivity index (χ4n) is 2.66. The van der Waals surface area contributed by atoms with Crippen LogP contribution in [0.15, 0.2) is 18.2 Å².